The molecule has 0 aliphatic rings. The van der Waals surface area contributed by atoms with Gasteiger partial charge in [-0.05, 0) is 27.7 Å². The molecule has 0 heterocycles. The average molecular weight is 352 g/mol. The number of benzene rings is 1. The Kier molecular flexibility index (Phi) is 7.04. The van der Waals surface area contributed by atoms with Gasteiger partial charge < -0.3 is 14.3 Å². The molecule has 0 spiro atoms. The summed E-state index contributed by atoms with van der Waals surface area (Å²) in [6.45, 7) is 6.25. The van der Waals surface area contributed by atoms with Gasteiger partial charge >= 0.3 is 11.9 Å². The molecule has 0 aromatic heterocycles. The standard InChI is InChI=1S/C16H20N2O7/c1-5-23-15(20)14(11-7-6-8-12(9-11)18(21)22)17-24-10-13(19)25-16(2,3)4/h6-9H,5,10H2,1-4H3. The molecule has 9 nitrogen and oxygen atoms in total. The van der Waals surface area contributed by atoms with E-state index in [4.69, 9.17) is 14.3 Å². The van der Waals surface area contributed by atoms with E-state index in [0.717, 1.165) is 6.07 Å². The third-order valence-corrected chi connectivity index (χ3v) is 2.56. The number of hydrogen-bond acceptors (Lipinski definition) is 8. The van der Waals surface area contributed by atoms with Crippen LogP contribution in [-0.4, -0.2) is 41.4 Å². The summed E-state index contributed by atoms with van der Waals surface area (Å²) in [7, 11) is 0. The Morgan fingerprint density at radius 3 is 2.52 bits per heavy atom. The average Bonchev–Trinajstić information content (AvgIpc) is 2.50. The number of carbonyl (C=O) groups is 2. The number of ether oxygens (including phenoxy) is 2. The van der Waals surface area contributed by atoms with Gasteiger partial charge in [0.2, 0.25) is 6.61 Å². The molecule has 0 aliphatic carbocycles. The Bertz CT molecular complexity index is 677. The molecule has 9 heteroatoms. The first kappa shape index (κ1) is 20.1. The van der Waals surface area contributed by atoms with Crippen molar-refractivity contribution in [2.24, 2.45) is 5.16 Å². The molecule has 0 fully saturated rings. The lowest BCUT2D eigenvalue weighted by atomic mass is 10.1. The molecule has 1 aromatic rings. The van der Waals surface area contributed by atoms with Gasteiger partial charge in [0.15, 0.2) is 5.71 Å². The maximum absolute atomic E-state index is 12.0. The molecule has 0 N–H and O–H groups in total. The highest BCUT2D eigenvalue weighted by Gasteiger charge is 2.20. The molecule has 0 atom stereocenters. The predicted octanol–water partition coefficient (Wildman–Crippen LogP) is 2.22. The van der Waals surface area contributed by atoms with Gasteiger partial charge in [-0.1, -0.05) is 17.3 Å². The van der Waals surface area contributed by atoms with Crippen LogP contribution in [0.15, 0.2) is 29.4 Å². The van der Waals surface area contributed by atoms with E-state index >= 15 is 0 Å². The minimum Gasteiger partial charge on any atom is -0.461 e. The Hall–Kier alpha value is -2.97. The Labute approximate surface area is 144 Å². The lowest BCUT2D eigenvalue weighted by Gasteiger charge is -2.18. The van der Waals surface area contributed by atoms with E-state index in [1.165, 1.54) is 18.2 Å². The van der Waals surface area contributed by atoms with E-state index < -0.39 is 29.1 Å². The van der Waals surface area contributed by atoms with Gasteiger partial charge in [-0.25, -0.2) is 9.59 Å². The summed E-state index contributed by atoms with van der Waals surface area (Å²) in [6, 6.07) is 5.27. The van der Waals surface area contributed by atoms with Gasteiger partial charge in [0.25, 0.3) is 5.69 Å². The highest BCUT2D eigenvalue weighted by molar-refractivity contribution is 6.43. The number of oxime groups is 1. The predicted molar refractivity (Wildman–Crippen MR) is 88.1 cm³/mol. The minimum absolute atomic E-state index is 0.0822. The van der Waals surface area contributed by atoms with Crippen LogP contribution in [0.4, 0.5) is 5.69 Å². The smallest absolute Gasteiger partial charge is 0.361 e. The second kappa shape index (κ2) is 8.76. The molecule has 0 saturated heterocycles. The number of carbonyl (C=O) groups excluding carboxylic acids is 2. The molecule has 136 valence electrons. The molecule has 0 amide bonds. The van der Waals surface area contributed by atoms with Crippen LogP contribution < -0.4 is 0 Å². The van der Waals surface area contributed by atoms with E-state index in [0.29, 0.717) is 0 Å². The minimum atomic E-state index is -0.827. The molecule has 0 radical (unpaired) electrons. The van der Waals surface area contributed by atoms with Crippen molar-refractivity contribution >= 4 is 23.3 Å². The molecule has 1 aromatic carbocycles. The third-order valence-electron chi connectivity index (χ3n) is 2.56. The van der Waals surface area contributed by atoms with Crippen LogP contribution in [0.5, 0.6) is 0 Å². The molecule has 1 rings (SSSR count). The quantitative estimate of drug-likeness (QED) is 0.319. The summed E-state index contributed by atoms with van der Waals surface area (Å²) < 4.78 is 9.91. The van der Waals surface area contributed by atoms with E-state index in [-0.39, 0.29) is 23.6 Å². The van der Waals surface area contributed by atoms with E-state index in [1.807, 2.05) is 0 Å². The van der Waals surface area contributed by atoms with Crippen molar-refractivity contribution in [1.29, 1.82) is 0 Å². The van der Waals surface area contributed by atoms with Gasteiger partial charge in [0.05, 0.1) is 11.5 Å². The van der Waals surface area contributed by atoms with Crippen LogP contribution in [0.3, 0.4) is 0 Å². The summed E-state index contributed by atoms with van der Waals surface area (Å²) in [6.07, 6.45) is 0. The van der Waals surface area contributed by atoms with Gasteiger partial charge in [0, 0.05) is 17.7 Å². The van der Waals surface area contributed by atoms with Crippen molar-refractivity contribution in [2.75, 3.05) is 13.2 Å². The van der Waals surface area contributed by atoms with E-state index in [9.17, 15) is 19.7 Å². The van der Waals surface area contributed by atoms with Crippen LogP contribution >= 0.6 is 0 Å². The van der Waals surface area contributed by atoms with Crippen molar-refractivity contribution < 1.29 is 28.8 Å². The summed E-state index contributed by atoms with van der Waals surface area (Å²) in [5.41, 5.74) is -1.05. The van der Waals surface area contributed by atoms with Crippen molar-refractivity contribution in [3.63, 3.8) is 0 Å². The topological polar surface area (TPSA) is 117 Å². The fourth-order valence-electron chi connectivity index (χ4n) is 1.69. The lowest BCUT2D eigenvalue weighted by molar-refractivity contribution is -0.384. The zero-order chi connectivity index (χ0) is 19.0. The van der Waals surface area contributed by atoms with Gasteiger partial charge in [0.1, 0.15) is 5.60 Å². The SMILES string of the molecule is CCOC(=O)C(=NOCC(=O)OC(C)(C)C)c1cccc([N+](=O)[O-])c1. The van der Waals surface area contributed by atoms with Crippen molar-refractivity contribution in [3.05, 3.63) is 39.9 Å². The number of rotatable bonds is 7. The second-order valence-corrected chi connectivity index (χ2v) is 5.83. The van der Waals surface area contributed by atoms with Gasteiger partial charge in [-0.3, -0.25) is 10.1 Å². The Morgan fingerprint density at radius 2 is 1.96 bits per heavy atom. The molecule has 0 unspecified atom stereocenters. The van der Waals surface area contributed by atoms with Crippen molar-refractivity contribution in [1.82, 2.24) is 0 Å². The summed E-state index contributed by atoms with van der Waals surface area (Å²) in [4.78, 5) is 38.7. The maximum atomic E-state index is 12.0. The van der Waals surface area contributed by atoms with Crippen LogP contribution in [0.2, 0.25) is 0 Å². The molecule has 0 bridgehead atoms. The highest BCUT2D eigenvalue weighted by Crippen LogP contribution is 2.15. The summed E-state index contributed by atoms with van der Waals surface area (Å²) in [5.74, 6) is -1.49. The van der Waals surface area contributed by atoms with Crippen LogP contribution in [-0.2, 0) is 23.9 Å². The fraction of sp³-hybridized carbons (Fsp3) is 0.438. The number of nitro groups is 1. The first-order valence-electron chi connectivity index (χ1n) is 7.47. The number of nitro benzene ring substituents is 1. The molecular formula is C16H20N2O7. The summed E-state index contributed by atoms with van der Waals surface area (Å²) in [5, 5.41) is 14.5. The zero-order valence-corrected chi connectivity index (χ0v) is 14.5. The number of hydrogen-bond donors (Lipinski definition) is 0. The van der Waals surface area contributed by atoms with Crippen molar-refractivity contribution in [2.45, 2.75) is 33.3 Å². The Morgan fingerprint density at radius 1 is 1.28 bits per heavy atom. The molecule has 0 saturated carbocycles. The number of esters is 2. The van der Waals surface area contributed by atoms with Gasteiger partial charge in [-0.2, -0.15) is 0 Å². The largest absolute Gasteiger partial charge is 0.461 e. The molecule has 25 heavy (non-hydrogen) atoms. The van der Waals surface area contributed by atoms with E-state index in [2.05, 4.69) is 5.16 Å². The van der Waals surface area contributed by atoms with Crippen molar-refractivity contribution in [3.8, 4) is 0 Å². The molecular weight excluding hydrogens is 332 g/mol. The second-order valence-electron chi connectivity index (χ2n) is 5.83. The highest BCUT2D eigenvalue weighted by atomic mass is 16.7. The van der Waals surface area contributed by atoms with Crippen LogP contribution in [0, 0.1) is 10.1 Å². The van der Waals surface area contributed by atoms with E-state index in [1.54, 1.807) is 27.7 Å². The summed E-state index contributed by atoms with van der Waals surface area (Å²) >= 11 is 0. The molecule has 0 aliphatic heterocycles. The van der Waals surface area contributed by atoms with Crippen LogP contribution in [0.25, 0.3) is 0 Å². The first-order valence-corrected chi connectivity index (χ1v) is 7.47. The Balaban J connectivity index is 2.97. The number of non-ortho nitro benzene ring substituents is 1. The fourth-order valence-corrected chi connectivity index (χ4v) is 1.69. The third kappa shape index (κ3) is 6.98. The number of nitrogens with zero attached hydrogens (tertiary/aromatic N) is 2. The maximum Gasteiger partial charge on any atom is 0.361 e. The monoisotopic (exact) mass is 352 g/mol. The van der Waals surface area contributed by atoms with Gasteiger partial charge in [-0.15, -0.1) is 0 Å². The first-order chi connectivity index (χ1) is 11.6. The normalized spacial score (nSPS) is 11.6. The lowest BCUT2D eigenvalue weighted by Crippen LogP contribution is -2.26. The zero-order valence-electron chi connectivity index (χ0n) is 14.5. The van der Waals surface area contributed by atoms with Crippen LogP contribution in [0.1, 0.15) is 33.3 Å².